The summed E-state index contributed by atoms with van der Waals surface area (Å²) in [4.78, 5) is 4.51. The normalized spacial score (nSPS) is 10.4. The molecule has 0 unspecified atom stereocenters. The standard InChI is InChI=1S/C13H14BrNO3S/c1-7-15-11(13(14)19-7)8-5-9(16-2)12(18-4)10(6-8)17-3/h5-6H,1-4H3. The van der Waals surface area contributed by atoms with Gasteiger partial charge in [0.1, 0.15) is 0 Å². The van der Waals surface area contributed by atoms with Crippen LogP contribution in [0.5, 0.6) is 17.2 Å². The van der Waals surface area contributed by atoms with E-state index >= 15 is 0 Å². The number of rotatable bonds is 4. The average molecular weight is 344 g/mol. The molecule has 0 saturated carbocycles. The molecule has 0 amide bonds. The number of halogens is 1. The number of hydrogen-bond acceptors (Lipinski definition) is 5. The molecule has 6 heteroatoms. The van der Waals surface area contributed by atoms with Crippen molar-refractivity contribution in [1.82, 2.24) is 4.98 Å². The highest BCUT2D eigenvalue weighted by molar-refractivity contribution is 9.11. The maximum Gasteiger partial charge on any atom is 0.203 e. The van der Waals surface area contributed by atoms with Crippen molar-refractivity contribution in [3.05, 3.63) is 20.9 Å². The van der Waals surface area contributed by atoms with Crippen LogP contribution in [0, 0.1) is 6.92 Å². The average Bonchev–Trinajstić information content (AvgIpc) is 2.75. The first-order valence-corrected chi connectivity index (χ1v) is 7.15. The molecule has 0 bridgehead atoms. The molecule has 0 aliphatic heterocycles. The van der Waals surface area contributed by atoms with Gasteiger partial charge in [0.2, 0.25) is 5.75 Å². The molecule has 4 nitrogen and oxygen atoms in total. The van der Waals surface area contributed by atoms with Crippen molar-refractivity contribution in [3.8, 4) is 28.5 Å². The fraction of sp³-hybridized carbons (Fsp3) is 0.308. The zero-order valence-electron chi connectivity index (χ0n) is 11.1. The molecule has 0 radical (unpaired) electrons. The molecule has 0 saturated heterocycles. The molecule has 2 aromatic rings. The molecule has 19 heavy (non-hydrogen) atoms. The first-order chi connectivity index (χ1) is 9.10. The quantitative estimate of drug-likeness (QED) is 0.843. The van der Waals surface area contributed by atoms with Crippen LogP contribution < -0.4 is 14.2 Å². The largest absolute Gasteiger partial charge is 0.493 e. The molecule has 1 aromatic heterocycles. The van der Waals surface area contributed by atoms with Crippen molar-refractivity contribution in [1.29, 1.82) is 0 Å². The summed E-state index contributed by atoms with van der Waals surface area (Å²) in [6.07, 6.45) is 0. The second-order valence-corrected chi connectivity index (χ2v) is 6.29. The van der Waals surface area contributed by atoms with Gasteiger partial charge < -0.3 is 14.2 Å². The van der Waals surface area contributed by atoms with Crippen molar-refractivity contribution in [3.63, 3.8) is 0 Å². The van der Waals surface area contributed by atoms with Gasteiger partial charge in [-0.25, -0.2) is 4.98 Å². The molecule has 0 aliphatic rings. The Morgan fingerprint density at radius 1 is 1.05 bits per heavy atom. The Hall–Kier alpha value is -1.27. The fourth-order valence-electron chi connectivity index (χ4n) is 1.80. The summed E-state index contributed by atoms with van der Waals surface area (Å²) in [6, 6.07) is 3.78. The van der Waals surface area contributed by atoms with E-state index in [0.29, 0.717) is 17.2 Å². The summed E-state index contributed by atoms with van der Waals surface area (Å²) in [6.45, 7) is 1.97. The molecule has 1 aromatic carbocycles. The lowest BCUT2D eigenvalue weighted by Crippen LogP contribution is -1.96. The van der Waals surface area contributed by atoms with Gasteiger partial charge in [0.05, 0.1) is 35.8 Å². The number of nitrogens with zero attached hydrogens (tertiary/aromatic N) is 1. The summed E-state index contributed by atoms with van der Waals surface area (Å²) < 4.78 is 17.0. The maximum atomic E-state index is 5.34. The third-order valence-corrected chi connectivity index (χ3v) is 4.25. The molecule has 0 spiro atoms. The summed E-state index contributed by atoms with van der Waals surface area (Å²) in [7, 11) is 4.79. The predicted molar refractivity (Wildman–Crippen MR) is 79.6 cm³/mol. The molecule has 0 atom stereocenters. The van der Waals surface area contributed by atoms with Crippen molar-refractivity contribution in [2.45, 2.75) is 6.92 Å². The van der Waals surface area contributed by atoms with Gasteiger partial charge in [-0.1, -0.05) is 0 Å². The molecule has 102 valence electrons. The highest BCUT2D eigenvalue weighted by atomic mass is 79.9. The smallest absolute Gasteiger partial charge is 0.203 e. The first-order valence-electron chi connectivity index (χ1n) is 5.54. The van der Waals surface area contributed by atoms with Gasteiger partial charge in [-0.15, -0.1) is 11.3 Å². The van der Waals surface area contributed by atoms with Gasteiger partial charge in [0.15, 0.2) is 11.5 Å². The Morgan fingerprint density at radius 2 is 1.63 bits per heavy atom. The number of benzene rings is 1. The number of thiazole rings is 1. The molecule has 1 heterocycles. The number of aryl methyl sites for hydroxylation is 1. The molecular weight excluding hydrogens is 330 g/mol. The third kappa shape index (κ3) is 2.69. The van der Waals surface area contributed by atoms with E-state index in [1.54, 1.807) is 32.7 Å². The SMILES string of the molecule is COc1cc(-c2nc(C)sc2Br)cc(OC)c1OC. The van der Waals surface area contributed by atoms with Crippen LogP contribution in [0.2, 0.25) is 0 Å². The van der Waals surface area contributed by atoms with Crippen LogP contribution in [0.1, 0.15) is 5.01 Å². The second kappa shape index (κ2) is 5.79. The van der Waals surface area contributed by atoms with E-state index in [9.17, 15) is 0 Å². The Kier molecular flexibility index (Phi) is 4.31. The zero-order chi connectivity index (χ0) is 14.0. The van der Waals surface area contributed by atoms with Crippen LogP contribution in [0.4, 0.5) is 0 Å². The fourth-order valence-corrected chi connectivity index (χ4v) is 3.47. The minimum absolute atomic E-state index is 0.580. The molecule has 0 aliphatic carbocycles. The predicted octanol–water partition coefficient (Wildman–Crippen LogP) is 3.91. The minimum atomic E-state index is 0.580. The summed E-state index contributed by atoms with van der Waals surface area (Å²) >= 11 is 5.12. The highest BCUT2D eigenvalue weighted by Crippen LogP contribution is 2.43. The van der Waals surface area contributed by atoms with Gasteiger partial charge in [-0.05, 0) is 35.0 Å². The molecular formula is C13H14BrNO3S. The van der Waals surface area contributed by atoms with Crippen LogP contribution in [0.3, 0.4) is 0 Å². The lowest BCUT2D eigenvalue weighted by molar-refractivity contribution is 0.324. The van der Waals surface area contributed by atoms with Crippen molar-refractivity contribution in [2.75, 3.05) is 21.3 Å². The third-order valence-electron chi connectivity index (χ3n) is 2.63. The van der Waals surface area contributed by atoms with Gasteiger partial charge in [0, 0.05) is 5.56 Å². The van der Waals surface area contributed by atoms with Gasteiger partial charge in [0.25, 0.3) is 0 Å². The highest BCUT2D eigenvalue weighted by Gasteiger charge is 2.17. The molecule has 2 rings (SSSR count). The number of aromatic nitrogens is 1. The summed E-state index contributed by atoms with van der Waals surface area (Å²) in [5, 5.41) is 0.996. The number of hydrogen-bond donors (Lipinski definition) is 0. The zero-order valence-corrected chi connectivity index (χ0v) is 13.5. The lowest BCUT2D eigenvalue weighted by atomic mass is 10.1. The van der Waals surface area contributed by atoms with E-state index in [4.69, 9.17) is 14.2 Å². The van der Waals surface area contributed by atoms with Crippen LogP contribution in [0.15, 0.2) is 15.9 Å². The van der Waals surface area contributed by atoms with Crippen molar-refractivity contribution < 1.29 is 14.2 Å². The minimum Gasteiger partial charge on any atom is -0.493 e. The van der Waals surface area contributed by atoms with Gasteiger partial charge in [-0.3, -0.25) is 0 Å². The topological polar surface area (TPSA) is 40.6 Å². The van der Waals surface area contributed by atoms with Crippen molar-refractivity contribution >= 4 is 27.3 Å². The Balaban J connectivity index is 2.62. The molecule has 0 N–H and O–H groups in total. The van der Waals surface area contributed by atoms with Crippen LogP contribution in [-0.2, 0) is 0 Å². The van der Waals surface area contributed by atoms with E-state index in [1.165, 1.54) is 0 Å². The van der Waals surface area contributed by atoms with Gasteiger partial charge in [-0.2, -0.15) is 0 Å². The Bertz CT molecular complexity index is 573. The summed E-state index contributed by atoms with van der Waals surface area (Å²) in [5.41, 5.74) is 1.80. The number of methoxy groups -OCH3 is 3. The maximum absolute atomic E-state index is 5.34. The number of ether oxygens (including phenoxy) is 3. The van der Waals surface area contributed by atoms with E-state index in [1.807, 2.05) is 19.1 Å². The van der Waals surface area contributed by atoms with Crippen LogP contribution in [-0.4, -0.2) is 26.3 Å². The monoisotopic (exact) mass is 343 g/mol. The van der Waals surface area contributed by atoms with Crippen LogP contribution in [0.25, 0.3) is 11.3 Å². The Labute approximate surface area is 124 Å². The van der Waals surface area contributed by atoms with E-state index in [2.05, 4.69) is 20.9 Å². The second-order valence-electron chi connectivity index (χ2n) is 3.77. The molecule has 0 fully saturated rings. The Morgan fingerprint density at radius 3 is 2.00 bits per heavy atom. The first kappa shape index (κ1) is 14.1. The van der Waals surface area contributed by atoms with Gasteiger partial charge >= 0.3 is 0 Å². The lowest BCUT2D eigenvalue weighted by Gasteiger charge is -2.13. The summed E-state index contributed by atoms with van der Waals surface area (Å²) in [5.74, 6) is 1.82. The van der Waals surface area contributed by atoms with E-state index < -0.39 is 0 Å². The van der Waals surface area contributed by atoms with Crippen molar-refractivity contribution in [2.24, 2.45) is 0 Å². The van der Waals surface area contributed by atoms with Crippen LogP contribution >= 0.6 is 27.3 Å². The van der Waals surface area contributed by atoms with E-state index in [-0.39, 0.29) is 0 Å². The van der Waals surface area contributed by atoms with E-state index in [0.717, 1.165) is 20.1 Å².